The van der Waals surface area contributed by atoms with Gasteiger partial charge in [-0.3, -0.25) is 9.59 Å². The Balaban J connectivity index is 2.17. The van der Waals surface area contributed by atoms with Crippen LogP contribution in [0.25, 0.3) is 0 Å². The summed E-state index contributed by atoms with van der Waals surface area (Å²) >= 11 is 3.27. The summed E-state index contributed by atoms with van der Waals surface area (Å²) in [6.45, 7) is 12.3. The minimum absolute atomic E-state index is 0.128. The van der Waals surface area contributed by atoms with Crippen LogP contribution in [0.3, 0.4) is 0 Å². The van der Waals surface area contributed by atoms with Crippen molar-refractivity contribution < 1.29 is 28.7 Å². The molecule has 2 rings (SSSR count). The van der Waals surface area contributed by atoms with E-state index in [-0.39, 0.29) is 34.6 Å². The molecule has 186 valence electrons. The van der Waals surface area contributed by atoms with Gasteiger partial charge in [0.15, 0.2) is 4.34 Å². The number of thioether (sulfide) groups is 1. The second kappa shape index (κ2) is 11.8. The highest BCUT2D eigenvalue weighted by molar-refractivity contribution is 8.02. The van der Waals surface area contributed by atoms with Gasteiger partial charge >= 0.3 is 11.9 Å². The first-order chi connectivity index (χ1) is 15.9. The zero-order chi connectivity index (χ0) is 25.6. The van der Waals surface area contributed by atoms with E-state index >= 15 is 0 Å². The fraction of sp³-hybridized carbons (Fsp3) is 0.524. The maximum Gasteiger partial charge on any atom is 0.348 e. The Morgan fingerprint density at radius 2 is 1.62 bits per heavy atom. The first-order valence-corrected chi connectivity index (χ1v) is 13.0. The van der Waals surface area contributed by atoms with E-state index in [1.807, 2.05) is 0 Å². The standard InChI is InChI=1S/C21H28N4O6S3/c1-8-30-16(27)12-10(3)13(17(28)31-9-2)33-15(12)22-14(26)11(4)32-20-25-24-19(34-20)23-18(29)21(5,6)7/h11H,8-9H2,1-7H3,(H,22,26)(H,23,24,29). The van der Waals surface area contributed by atoms with Crippen LogP contribution in [0.15, 0.2) is 4.34 Å². The molecule has 0 saturated heterocycles. The molecule has 2 aromatic rings. The number of hydrogen-bond donors (Lipinski definition) is 2. The van der Waals surface area contributed by atoms with Crippen molar-refractivity contribution >= 4 is 68.3 Å². The summed E-state index contributed by atoms with van der Waals surface area (Å²) in [5, 5.41) is 13.3. The number of anilines is 2. The summed E-state index contributed by atoms with van der Waals surface area (Å²) in [5.41, 5.74) is -0.0614. The van der Waals surface area contributed by atoms with E-state index in [2.05, 4.69) is 20.8 Å². The maximum absolute atomic E-state index is 12.9. The summed E-state index contributed by atoms with van der Waals surface area (Å²) in [7, 11) is 0. The molecule has 13 heteroatoms. The number of ether oxygens (including phenoxy) is 2. The van der Waals surface area contributed by atoms with Crippen LogP contribution in [0.1, 0.15) is 67.1 Å². The average Bonchev–Trinajstić information content (AvgIpc) is 3.31. The van der Waals surface area contributed by atoms with Crippen LogP contribution in [-0.4, -0.2) is 52.4 Å². The molecule has 0 radical (unpaired) electrons. The molecule has 0 aromatic carbocycles. The molecule has 0 spiro atoms. The minimum atomic E-state index is -0.634. The molecule has 0 aliphatic heterocycles. The molecule has 0 aliphatic rings. The molecule has 2 heterocycles. The van der Waals surface area contributed by atoms with Gasteiger partial charge in [0.25, 0.3) is 0 Å². The third-order valence-electron chi connectivity index (χ3n) is 4.28. The SMILES string of the molecule is CCOC(=O)c1sc(NC(=O)C(C)Sc2nnc(NC(=O)C(C)(C)C)s2)c(C(=O)OCC)c1C. The highest BCUT2D eigenvalue weighted by Gasteiger charge is 2.29. The zero-order valence-electron chi connectivity index (χ0n) is 20.1. The smallest absolute Gasteiger partial charge is 0.348 e. The number of carbonyl (C=O) groups excluding carboxylic acids is 4. The summed E-state index contributed by atoms with van der Waals surface area (Å²) in [6.07, 6.45) is 0. The van der Waals surface area contributed by atoms with Gasteiger partial charge in [-0.2, -0.15) is 0 Å². The lowest BCUT2D eigenvalue weighted by Crippen LogP contribution is -2.27. The lowest BCUT2D eigenvalue weighted by molar-refractivity contribution is -0.123. The van der Waals surface area contributed by atoms with Crippen LogP contribution in [0.5, 0.6) is 0 Å². The predicted molar refractivity (Wildman–Crippen MR) is 133 cm³/mol. The van der Waals surface area contributed by atoms with E-state index in [1.165, 1.54) is 0 Å². The van der Waals surface area contributed by atoms with E-state index in [4.69, 9.17) is 9.47 Å². The molecule has 0 bridgehead atoms. The van der Waals surface area contributed by atoms with Gasteiger partial charge in [-0.25, -0.2) is 9.59 Å². The average molecular weight is 529 g/mol. The van der Waals surface area contributed by atoms with E-state index in [0.29, 0.717) is 15.0 Å². The monoisotopic (exact) mass is 528 g/mol. The topological polar surface area (TPSA) is 137 Å². The van der Waals surface area contributed by atoms with Crippen molar-refractivity contribution in [1.82, 2.24) is 10.2 Å². The predicted octanol–water partition coefficient (Wildman–Crippen LogP) is 4.37. The number of carbonyl (C=O) groups is 4. The van der Waals surface area contributed by atoms with Gasteiger partial charge in [0, 0.05) is 5.41 Å². The summed E-state index contributed by atoms with van der Waals surface area (Å²) < 4.78 is 10.7. The first-order valence-electron chi connectivity index (χ1n) is 10.5. The molecule has 34 heavy (non-hydrogen) atoms. The number of nitrogens with zero attached hydrogens (tertiary/aromatic N) is 2. The van der Waals surface area contributed by atoms with Crippen molar-refractivity contribution in [1.29, 1.82) is 0 Å². The van der Waals surface area contributed by atoms with Crippen molar-refractivity contribution in [3.05, 3.63) is 16.0 Å². The van der Waals surface area contributed by atoms with Gasteiger partial charge in [-0.1, -0.05) is 43.9 Å². The Morgan fingerprint density at radius 3 is 2.21 bits per heavy atom. The molecule has 0 saturated carbocycles. The third kappa shape index (κ3) is 7.00. The molecule has 10 nitrogen and oxygen atoms in total. The maximum atomic E-state index is 12.9. The Morgan fingerprint density at radius 1 is 1.00 bits per heavy atom. The molecule has 1 atom stereocenters. The number of esters is 2. The van der Waals surface area contributed by atoms with Crippen molar-refractivity contribution in [2.75, 3.05) is 23.8 Å². The summed E-state index contributed by atoms with van der Waals surface area (Å²) in [4.78, 5) is 50.0. The number of nitrogens with one attached hydrogen (secondary N) is 2. The highest BCUT2D eigenvalue weighted by Crippen LogP contribution is 2.36. The van der Waals surface area contributed by atoms with Crippen LogP contribution in [0.2, 0.25) is 0 Å². The van der Waals surface area contributed by atoms with Crippen LogP contribution < -0.4 is 10.6 Å². The number of amides is 2. The Kier molecular flexibility index (Phi) is 9.59. The van der Waals surface area contributed by atoms with Gasteiger partial charge in [0.1, 0.15) is 9.88 Å². The Labute approximate surface area is 210 Å². The van der Waals surface area contributed by atoms with E-state index < -0.39 is 28.5 Å². The number of rotatable bonds is 9. The number of hydrogen-bond acceptors (Lipinski definition) is 11. The number of thiophene rings is 1. The summed E-state index contributed by atoms with van der Waals surface area (Å²) in [5.74, 6) is -1.80. The van der Waals surface area contributed by atoms with Crippen molar-refractivity contribution in [3.8, 4) is 0 Å². The normalized spacial score (nSPS) is 12.1. The van der Waals surface area contributed by atoms with E-state index in [0.717, 1.165) is 34.4 Å². The van der Waals surface area contributed by atoms with Crippen LogP contribution >= 0.6 is 34.4 Å². The molecule has 2 aromatic heterocycles. The van der Waals surface area contributed by atoms with Crippen LogP contribution in [0, 0.1) is 12.3 Å². The third-order valence-corrected chi connectivity index (χ3v) is 7.49. The highest BCUT2D eigenvalue weighted by atomic mass is 32.2. The van der Waals surface area contributed by atoms with E-state index in [1.54, 1.807) is 48.5 Å². The minimum Gasteiger partial charge on any atom is -0.462 e. The van der Waals surface area contributed by atoms with E-state index in [9.17, 15) is 19.2 Å². The second-order valence-electron chi connectivity index (χ2n) is 8.03. The molecule has 2 amide bonds. The van der Waals surface area contributed by atoms with Crippen molar-refractivity contribution in [3.63, 3.8) is 0 Å². The van der Waals surface area contributed by atoms with Crippen LogP contribution in [-0.2, 0) is 19.1 Å². The van der Waals surface area contributed by atoms with Gasteiger partial charge < -0.3 is 20.1 Å². The lowest BCUT2D eigenvalue weighted by Gasteiger charge is -2.15. The number of aromatic nitrogens is 2. The molecule has 1 unspecified atom stereocenters. The largest absolute Gasteiger partial charge is 0.462 e. The Bertz CT molecular complexity index is 1070. The molecular weight excluding hydrogens is 500 g/mol. The molecule has 2 N–H and O–H groups in total. The molecular formula is C21H28N4O6S3. The van der Waals surface area contributed by atoms with Gasteiger partial charge in [0.05, 0.1) is 24.0 Å². The van der Waals surface area contributed by atoms with Crippen LogP contribution in [0.4, 0.5) is 10.1 Å². The zero-order valence-corrected chi connectivity index (χ0v) is 22.5. The van der Waals surface area contributed by atoms with Gasteiger partial charge in [-0.05, 0) is 33.3 Å². The first kappa shape index (κ1) is 27.7. The van der Waals surface area contributed by atoms with Crippen molar-refractivity contribution in [2.45, 2.75) is 58.1 Å². The fourth-order valence-corrected chi connectivity index (χ4v) is 5.44. The van der Waals surface area contributed by atoms with Gasteiger partial charge in [0.2, 0.25) is 16.9 Å². The second-order valence-corrected chi connectivity index (χ2v) is 11.6. The van der Waals surface area contributed by atoms with Crippen molar-refractivity contribution in [2.24, 2.45) is 5.41 Å². The summed E-state index contributed by atoms with van der Waals surface area (Å²) in [6, 6.07) is 0. The quantitative estimate of drug-likeness (QED) is 0.276. The Hall–Kier alpha value is -2.51. The molecule has 0 aliphatic carbocycles. The molecule has 0 fully saturated rings. The van der Waals surface area contributed by atoms with Gasteiger partial charge in [-0.15, -0.1) is 21.5 Å². The lowest BCUT2D eigenvalue weighted by atomic mass is 9.96. The fourth-order valence-electron chi connectivity index (χ4n) is 2.45.